The first-order valence-corrected chi connectivity index (χ1v) is 16.0. The number of aliphatic hydroxyl groups is 1. The summed E-state index contributed by atoms with van der Waals surface area (Å²) in [5.74, 6) is -2.58. The number of phosphoric ester groups is 1. The van der Waals surface area contributed by atoms with Gasteiger partial charge in [-0.1, -0.05) is 103 Å². The van der Waals surface area contributed by atoms with Crippen molar-refractivity contribution in [3.8, 4) is 0 Å². The summed E-state index contributed by atoms with van der Waals surface area (Å²) in [4.78, 5) is 43.4. The first kappa shape index (κ1) is 37.5. The van der Waals surface area contributed by atoms with Gasteiger partial charge in [0.2, 0.25) is 5.91 Å². The van der Waals surface area contributed by atoms with E-state index >= 15 is 0 Å². The Morgan fingerprint density at radius 1 is 0.744 bits per heavy atom. The Morgan fingerprint density at radius 3 is 1.62 bits per heavy atom. The van der Waals surface area contributed by atoms with E-state index in [1.807, 2.05) is 5.32 Å². The van der Waals surface area contributed by atoms with Crippen LogP contribution >= 0.6 is 7.82 Å². The van der Waals surface area contributed by atoms with Crippen LogP contribution in [0.4, 0.5) is 0 Å². The van der Waals surface area contributed by atoms with Crippen LogP contribution in [0, 0.1) is 0 Å². The van der Waals surface area contributed by atoms with Crippen molar-refractivity contribution in [2.45, 2.75) is 135 Å². The van der Waals surface area contributed by atoms with Crippen molar-refractivity contribution < 1.29 is 47.8 Å². The number of esters is 1. The zero-order valence-electron chi connectivity index (χ0n) is 23.9. The Bertz CT molecular complexity index is 706. The normalized spacial score (nSPS) is 14.4. The second-order valence-corrected chi connectivity index (χ2v) is 11.5. The summed E-state index contributed by atoms with van der Waals surface area (Å²) in [5.41, 5.74) is 0. The molecule has 4 N–H and O–H groups in total. The van der Waals surface area contributed by atoms with Gasteiger partial charge in [0.15, 0.2) is 6.04 Å². The van der Waals surface area contributed by atoms with Crippen LogP contribution in [0.15, 0.2) is 0 Å². The SMILES string of the molecule is CCCCCCCCCCCCCCCCCCC(=O)OCC(O)COP(=O)(O)OCC(NC(C)=O)C(=O)O. The third-order valence-electron chi connectivity index (χ3n) is 6.18. The van der Waals surface area contributed by atoms with Gasteiger partial charge in [0.05, 0.1) is 13.2 Å². The summed E-state index contributed by atoms with van der Waals surface area (Å²) in [6, 6.07) is -1.54. The fourth-order valence-electron chi connectivity index (χ4n) is 3.93. The van der Waals surface area contributed by atoms with Crippen LogP contribution in [0.5, 0.6) is 0 Å². The molecule has 11 nitrogen and oxygen atoms in total. The summed E-state index contributed by atoms with van der Waals surface area (Å²) < 4.78 is 25.9. The minimum absolute atomic E-state index is 0.230. The molecule has 0 bridgehead atoms. The average Bonchev–Trinajstić information content (AvgIpc) is 2.88. The zero-order valence-corrected chi connectivity index (χ0v) is 24.8. The van der Waals surface area contributed by atoms with E-state index in [0.29, 0.717) is 6.42 Å². The number of hydrogen-bond donors (Lipinski definition) is 4. The molecule has 0 aromatic rings. The number of amides is 1. The van der Waals surface area contributed by atoms with E-state index in [2.05, 4.69) is 16.0 Å². The number of carbonyl (C=O) groups excluding carboxylic acids is 2. The van der Waals surface area contributed by atoms with E-state index in [9.17, 15) is 28.9 Å². The van der Waals surface area contributed by atoms with Crippen molar-refractivity contribution in [2.75, 3.05) is 19.8 Å². The van der Waals surface area contributed by atoms with Crippen LogP contribution in [0.2, 0.25) is 0 Å². The molecule has 0 fully saturated rings. The summed E-state index contributed by atoms with van der Waals surface area (Å²) in [5, 5.41) is 20.8. The molecule has 1 amide bonds. The highest BCUT2D eigenvalue weighted by atomic mass is 31.2. The molecule has 0 saturated carbocycles. The summed E-state index contributed by atoms with van der Waals surface area (Å²) in [6.45, 7) is 1.44. The highest BCUT2D eigenvalue weighted by Gasteiger charge is 2.28. The Labute approximate surface area is 234 Å². The Hall–Kier alpha value is -1.52. The maximum Gasteiger partial charge on any atom is 0.472 e. The Balaban J connectivity index is 3.68. The van der Waals surface area contributed by atoms with Gasteiger partial charge in [-0.05, 0) is 6.42 Å². The number of rotatable bonds is 27. The molecule has 0 aromatic carbocycles. The number of unbranched alkanes of at least 4 members (excludes halogenated alkanes) is 15. The predicted octanol–water partition coefficient (Wildman–Crippen LogP) is 5.27. The molecule has 3 atom stereocenters. The number of carboxylic acid groups (broad SMARTS) is 1. The van der Waals surface area contributed by atoms with Crippen molar-refractivity contribution in [1.29, 1.82) is 0 Å². The molecule has 0 saturated heterocycles. The van der Waals surface area contributed by atoms with Crippen LogP contribution in [0.25, 0.3) is 0 Å². The van der Waals surface area contributed by atoms with Crippen molar-refractivity contribution in [2.24, 2.45) is 0 Å². The molecule has 39 heavy (non-hydrogen) atoms. The third-order valence-corrected chi connectivity index (χ3v) is 7.13. The zero-order chi connectivity index (χ0) is 29.4. The lowest BCUT2D eigenvalue weighted by atomic mass is 10.0. The van der Waals surface area contributed by atoms with Gasteiger partial charge in [0, 0.05) is 13.3 Å². The molecule has 0 rings (SSSR count). The highest BCUT2D eigenvalue weighted by molar-refractivity contribution is 7.47. The van der Waals surface area contributed by atoms with E-state index in [1.54, 1.807) is 0 Å². The maximum atomic E-state index is 11.8. The van der Waals surface area contributed by atoms with Crippen molar-refractivity contribution >= 4 is 25.7 Å². The molecule has 0 aliphatic heterocycles. The van der Waals surface area contributed by atoms with Crippen LogP contribution < -0.4 is 5.32 Å². The molecule has 0 heterocycles. The lowest BCUT2D eigenvalue weighted by Gasteiger charge is -2.18. The first-order valence-electron chi connectivity index (χ1n) is 14.5. The van der Waals surface area contributed by atoms with E-state index in [4.69, 9.17) is 9.84 Å². The van der Waals surface area contributed by atoms with E-state index in [0.717, 1.165) is 26.2 Å². The number of hydrogen-bond acceptors (Lipinski definition) is 8. The highest BCUT2D eigenvalue weighted by Crippen LogP contribution is 2.43. The second-order valence-electron chi connectivity index (χ2n) is 10.0. The predicted molar refractivity (Wildman–Crippen MR) is 148 cm³/mol. The number of aliphatic hydroxyl groups excluding tert-OH is 1. The molecule has 3 unspecified atom stereocenters. The van der Waals surface area contributed by atoms with Crippen molar-refractivity contribution in [1.82, 2.24) is 5.32 Å². The molecule has 0 radical (unpaired) electrons. The minimum atomic E-state index is -4.69. The van der Waals surface area contributed by atoms with Gasteiger partial charge in [0.1, 0.15) is 12.7 Å². The summed E-state index contributed by atoms with van der Waals surface area (Å²) >= 11 is 0. The molecule has 0 aromatic heterocycles. The maximum absolute atomic E-state index is 11.8. The lowest BCUT2D eigenvalue weighted by Crippen LogP contribution is -2.42. The smallest absolute Gasteiger partial charge is 0.472 e. The van der Waals surface area contributed by atoms with Crippen molar-refractivity contribution in [3.63, 3.8) is 0 Å². The van der Waals surface area contributed by atoms with Crippen LogP contribution in [-0.2, 0) is 32.7 Å². The van der Waals surface area contributed by atoms with Crippen molar-refractivity contribution in [3.05, 3.63) is 0 Å². The van der Waals surface area contributed by atoms with Crippen LogP contribution in [0.3, 0.4) is 0 Å². The molecule has 230 valence electrons. The monoisotopic (exact) mass is 581 g/mol. The summed E-state index contributed by atoms with van der Waals surface area (Å²) in [7, 11) is -4.69. The number of carbonyl (C=O) groups is 3. The lowest BCUT2D eigenvalue weighted by molar-refractivity contribution is -0.147. The Kier molecular flexibility index (Phi) is 23.3. The number of ether oxygens (including phenoxy) is 1. The van der Waals surface area contributed by atoms with E-state index < -0.39 is 57.6 Å². The number of carboxylic acids is 1. The molecule has 0 aliphatic carbocycles. The second kappa shape index (κ2) is 24.3. The quantitative estimate of drug-likeness (QED) is 0.0570. The number of phosphoric acid groups is 1. The Morgan fingerprint density at radius 2 is 1.18 bits per heavy atom. The topological polar surface area (TPSA) is 169 Å². The van der Waals surface area contributed by atoms with Gasteiger partial charge in [-0.15, -0.1) is 0 Å². The van der Waals surface area contributed by atoms with Crippen LogP contribution in [0.1, 0.15) is 123 Å². The number of aliphatic carboxylic acids is 1. The van der Waals surface area contributed by atoms with Gasteiger partial charge < -0.3 is 25.2 Å². The van der Waals surface area contributed by atoms with E-state index in [1.165, 1.54) is 77.0 Å². The molecular weight excluding hydrogens is 529 g/mol. The van der Waals surface area contributed by atoms with Crippen LogP contribution in [-0.4, -0.2) is 64.9 Å². The van der Waals surface area contributed by atoms with Gasteiger partial charge in [0.25, 0.3) is 0 Å². The minimum Gasteiger partial charge on any atom is -0.480 e. The third kappa shape index (κ3) is 25.2. The van der Waals surface area contributed by atoms with Gasteiger partial charge in [-0.2, -0.15) is 0 Å². The van der Waals surface area contributed by atoms with Gasteiger partial charge >= 0.3 is 19.8 Å². The number of nitrogens with one attached hydrogen (secondary N) is 1. The molecular formula is C27H52NO10P. The standard InChI is InChI=1S/C27H52NO10P/c1-3-4-5-6-7-8-9-10-11-12-13-14-15-16-17-18-19-26(31)36-20-24(30)21-37-39(34,35)38-22-25(27(32)33)28-23(2)29/h24-25,30H,3-22H2,1-2H3,(H,28,29)(H,32,33)(H,34,35). The largest absolute Gasteiger partial charge is 0.480 e. The summed E-state index contributed by atoms with van der Waals surface area (Å²) in [6.07, 6.45) is 18.7. The van der Waals surface area contributed by atoms with E-state index in [-0.39, 0.29) is 6.42 Å². The molecule has 12 heteroatoms. The fourth-order valence-corrected chi connectivity index (χ4v) is 4.71. The van der Waals surface area contributed by atoms with Gasteiger partial charge in [-0.3, -0.25) is 18.6 Å². The average molecular weight is 582 g/mol. The van der Waals surface area contributed by atoms with Gasteiger partial charge in [-0.25, -0.2) is 9.36 Å². The first-order chi connectivity index (χ1) is 18.6. The molecule has 0 spiro atoms. The fraction of sp³-hybridized carbons (Fsp3) is 0.889. The molecule has 0 aliphatic rings.